The summed E-state index contributed by atoms with van der Waals surface area (Å²) in [6, 6.07) is 15.2. The summed E-state index contributed by atoms with van der Waals surface area (Å²) in [5, 5.41) is 3.21. The summed E-state index contributed by atoms with van der Waals surface area (Å²) in [4.78, 5) is 53.1. The second-order valence-electron chi connectivity index (χ2n) is 7.39. The first-order valence-corrected chi connectivity index (χ1v) is 10.3. The van der Waals surface area contributed by atoms with Gasteiger partial charge in [0, 0.05) is 35.9 Å². The Kier molecular flexibility index (Phi) is 7.27. The number of nitrogens with zero attached hydrogens (tertiary/aromatic N) is 2. The van der Waals surface area contributed by atoms with Crippen molar-refractivity contribution in [3.63, 3.8) is 0 Å². The van der Waals surface area contributed by atoms with Crippen molar-refractivity contribution in [1.82, 2.24) is 14.9 Å². The average molecular weight is 455 g/mol. The molecule has 0 unspecified atom stereocenters. The zero-order valence-corrected chi connectivity index (χ0v) is 18.4. The van der Waals surface area contributed by atoms with Gasteiger partial charge in [-0.2, -0.15) is 0 Å². The molecular weight excluding hydrogens is 432 g/mol. The van der Waals surface area contributed by atoms with Crippen LogP contribution in [-0.4, -0.2) is 34.5 Å². The van der Waals surface area contributed by atoms with E-state index in [1.165, 1.54) is 18.0 Å². The highest BCUT2D eigenvalue weighted by molar-refractivity contribution is 6.30. The fraction of sp³-hybridized carbons (Fsp3) is 0.217. The number of aromatic amines is 1. The van der Waals surface area contributed by atoms with Gasteiger partial charge in [0.2, 0.25) is 11.8 Å². The van der Waals surface area contributed by atoms with Crippen LogP contribution in [0.4, 0.5) is 5.69 Å². The molecule has 0 spiro atoms. The molecule has 2 aromatic carbocycles. The summed E-state index contributed by atoms with van der Waals surface area (Å²) >= 11 is 6.05. The molecule has 0 aliphatic rings. The van der Waals surface area contributed by atoms with Crippen LogP contribution in [0.3, 0.4) is 0 Å². The predicted molar refractivity (Wildman–Crippen MR) is 123 cm³/mol. The van der Waals surface area contributed by atoms with Crippen LogP contribution in [-0.2, 0) is 22.6 Å². The first kappa shape index (κ1) is 23.0. The lowest BCUT2D eigenvalue weighted by Gasteiger charge is -2.25. The van der Waals surface area contributed by atoms with Crippen molar-refractivity contribution in [1.29, 1.82) is 0 Å². The van der Waals surface area contributed by atoms with Crippen molar-refractivity contribution in [2.75, 3.05) is 11.9 Å². The van der Waals surface area contributed by atoms with Crippen molar-refractivity contribution in [3.8, 4) is 0 Å². The molecule has 32 heavy (non-hydrogen) atoms. The third-order valence-electron chi connectivity index (χ3n) is 4.94. The van der Waals surface area contributed by atoms with Crippen LogP contribution in [0.1, 0.15) is 11.1 Å². The zero-order chi connectivity index (χ0) is 23.3. The Balaban J connectivity index is 1.83. The highest BCUT2D eigenvalue weighted by atomic mass is 35.5. The summed E-state index contributed by atoms with van der Waals surface area (Å²) in [5.41, 5.74) is 0.546. The van der Waals surface area contributed by atoms with Gasteiger partial charge >= 0.3 is 5.69 Å². The molecule has 1 aromatic heterocycles. The zero-order valence-electron chi connectivity index (χ0n) is 17.7. The van der Waals surface area contributed by atoms with E-state index in [4.69, 9.17) is 11.6 Å². The Bertz CT molecular complexity index is 1240. The van der Waals surface area contributed by atoms with E-state index < -0.39 is 23.2 Å². The fourth-order valence-corrected chi connectivity index (χ4v) is 3.41. The molecule has 8 nitrogen and oxygen atoms in total. The molecule has 0 bridgehead atoms. The maximum atomic E-state index is 13.3. The van der Waals surface area contributed by atoms with Crippen LogP contribution in [0.15, 0.2) is 70.4 Å². The van der Waals surface area contributed by atoms with Gasteiger partial charge in [-0.05, 0) is 30.7 Å². The number of hydrogen-bond donors (Lipinski definition) is 2. The largest absolute Gasteiger partial charge is 0.342 e. The molecule has 1 heterocycles. The molecule has 0 aliphatic carbocycles. The predicted octanol–water partition coefficient (Wildman–Crippen LogP) is 1.89. The lowest BCUT2D eigenvalue weighted by molar-refractivity contribution is -0.127. The number of carbonyl (C=O) groups is 2. The number of aryl methyl sites for hydroxylation is 1. The second-order valence-corrected chi connectivity index (χ2v) is 7.82. The molecule has 1 atom stereocenters. The number of carbonyl (C=O) groups excluding carboxylic acids is 2. The summed E-state index contributed by atoms with van der Waals surface area (Å²) in [7, 11) is 1.61. The molecule has 2 N–H and O–H groups in total. The molecule has 3 aromatic rings. The standard InChI is InChI=1S/C23H23ClN4O4/c1-15-13-28(23(32)26-21(15)30)14-20(29)25-19(11-16-7-4-3-5-8-16)22(31)27(2)18-10-6-9-17(24)12-18/h3-10,12-13,19H,11,14H2,1-2H3,(H,25,29)(H,26,30,32)/t19-/m0/s1. The number of benzene rings is 2. The molecule has 2 amide bonds. The molecule has 0 radical (unpaired) electrons. The van der Waals surface area contributed by atoms with Crippen LogP contribution in [0.5, 0.6) is 0 Å². The van der Waals surface area contributed by atoms with E-state index in [2.05, 4.69) is 10.3 Å². The monoisotopic (exact) mass is 454 g/mol. The van der Waals surface area contributed by atoms with E-state index in [1.807, 2.05) is 30.3 Å². The van der Waals surface area contributed by atoms with Crippen LogP contribution in [0.25, 0.3) is 0 Å². The Morgan fingerprint density at radius 2 is 1.84 bits per heavy atom. The third kappa shape index (κ3) is 5.73. The maximum absolute atomic E-state index is 13.3. The number of anilines is 1. The number of rotatable bonds is 7. The number of aromatic nitrogens is 2. The Morgan fingerprint density at radius 1 is 1.12 bits per heavy atom. The van der Waals surface area contributed by atoms with Gasteiger partial charge < -0.3 is 10.2 Å². The van der Waals surface area contributed by atoms with Crippen LogP contribution >= 0.6 is 11.6 Å². The Morgan fingerprint density at radius 3 is 2.53 bits per heavy atom. The van der Waals surface area contributed by atoms with Gasteiger partial charge in [-0.25, -0.2) is 4.79 Å². The minimum absolute atomic E-state index is 0.260. The fourth-order valence-electron chi connectivity index (χ4n) is 3.23. The number of halogens is 1. The summed E-state index contributed by atoms with van der Waals surface area (Å²) in [5.74, 6) is -0.873. The summed E-state index contributed by atoms with van der Waals surface area (Å²) < 4.78 is 1.09. The Hall–Kier alpha value is -3.65. The minimum Gasteiger partial charge on any atom is -0.342 e. The van der Waals surface area contributed by atoms with Gasteiger partial charge in [0.1, 0.15) is 12.6 Å². The van der Waals surface area contributed by atoms with Crippen molar-refractivity contribution < 1.29 is 9.59 Å². The number of nitrogens with one attached hydrogen (secondary N) is 2. The molecule has 0 saturated carbocycles. The molecule has 3 rings (SSSR count). The van der Waals surface area contributed by atoms with Crippen LogP contribution in [0.2, 0.25) is 5.02 Å². The smallest absolute Gasteiger partial charge is 0.328 e. The highest BCUT2D eigenvalue weighted by Crippen LogP contribution is 2.19. The van der Waals surface area contributed by atoms with Crippen molar-refractivity contribution in [3.05, 3.63) is 97.8 Å². The normalized spacial score (nSPS) is 11.6. The quantitative estimate of drug-likeness (QED) is 0.568. The maximum Gasteiger partial charge on any atom is 0.328 e. The Labute approximate surface area is 189 Å². The highest BCUT2D eigenvalue weighted by Gasteiger charge is 2.25. The number of hydrogen-bond acceptors (Lipinski definition) is 4. The van der Waals surface area contributed by atoms with Crippen molar-refractivity contribution in [2.24, 2.45) is 0 Å². The van der Waals surface area contributed by atoms with Crippen molar-refractivity contribution in [2.45, 2.75) is 25.9 Å². The summed E-state index contributed by atoms with van der Waals surface area (Å²) in [6.07, 6.45) is 1.57. The second kappa shape index (κ2) is 10.1. The van der Waals surface area contributed by atoms with Gasteiger partial charge in [-0.1, -0.05) is 48.0 Å². The van der Waals surface area contributed by atoms with E-state index in [0.29, 0.717) is 16.3 Å². The van der Waals surface area contributed by atoms with E-state index in [0.717, 1.165) is 10.1 Å². The molecule has 9 heteroatoms. The average Bonchev–Trinajstić information content (AvgIpc) is 2.76. The van der Waals surface area contributed by atoms with Crippen LogP contribution < -0.4 is 21.5 Å². The van der Waals surface area contributed by atoms with E-state index in [1.54, 1.807) is 31.3 Å². The first-order chi connectivity index (χ1) is 15.2. The van der Waals surface area contributed by atoms with Gasteiger partial charge in [-0.15, -0.1) is 0 Å². The topological polar surface area (TPSA) is 104 Å². The van der Waals surface area contributed by atoms with Gasteiger partial charge in [0.15, 0.2) is 0 Å². The SMILES string of the molecule is Cc1cn(CC(=O)N[C@@H](Cc2ccccc2)C(=O)N(C)c2cccc(Cl)c2)c(=O)[nH]c1=O. The van der Waals surface area contributed by atoms with Gasteiger partial charge in [0.25, 0.3) is 5.56 Å². The van der Waals surface area contributed by atoms with E-state index >= 15 is 0 Å². The summed E-state index contributed by atoms with van der Waals surface area (Å²) in [6.45, 7) is 1.20. The van der Waals surface area contributed by atoms with Gasteiger partial charge in [0.05, 0.1) is 0 Å². The lowest BCUT2D eigenvalue weighted by atomic mass is 10.0. The van der Waals surface area contributed by atoms with E-state index in [9.17, 15) is 19.2 Å². The molecule has 0 fully saturated rings. The molecule has 0 aliphatic heterocycles. The minimum atomic E-state index is -0.881. The van der Waals surface area contributed by atoms with E-state index in [-0.39, 0.29) is 18.9 Å². The van der Waals surface area contributed by atoms with Gasteiger partial charge in [-0.3, -0.25) is 23.9 Å². The molecular formula is C23H23ClN4O4. The number of amides is 2. The third-order valence-corrected chi connectivity index (χ3v) is 5.18. The lowest BCUT2D eigenvalue weighted by Crippen LogP contribution is -2.50. The first-order valence-electron chi connectivity index (χ1n) is 9.91. The number of H-pyrrole nitrogens is 1. The van der Waals surface area contributed by atoms with Crippen LogP contribution in [0, 0.1) is 6.92 Å². The number of likely N-dealkylation sites (N-methyl/N-ethyl adjacent to an activating group) is 1. The molecule has 0 saturated heterocycles. The molecule has 166 valence electrons. The van der Waals surface area contributed by atoms with Crippen molar-refractivity contribution >= 4 is 29.1 Å².